The van der Waals surface area contributed by atoms with E-state index in [0.717, 1.165) is 23.9 Å². The van der Waals surface area contributed by atoms with Crippen LogP contribution in [0.15, 0.2) is 47.8 Å². The van der Waals surface area contributed by atoms with Gasteiger partial charge in [0.05, 0.1) is 11.3 Å². The quantitative estimate of drug-likeness (QED) is 0.360. The van der Waals surface area contributed by atoms with Crippen LogP contribution in [0.3, 0.4) is 0 Å². The number of hydrogen-bond donors (Lipinski definition) is 2. The Morgan fingerprint density at radius 3 is 2.74 bits per heavy atom. The number of hydrogen-bond acceptors (Lipinski definition) is 6. The summed E-state index contributed by atoms with van der Waals surface area (Å²) in [6.45, 7) is 5.67. The second kappa shape index (κ2) is 10.9. The molecule has 0 aliphatic rings. The highest BCUT2D eigenvalue weighted by atomic mass is 32.2. The first kappa shape index (κ1) is 22.7. The topological polar surface area (TPSA) is 84.7 Å². The van der Waals surface area contributed by atoms with Gasteiger partial charge in [0.2, 0.25) is 0 Å². The number of aryl methyl sites for hydroxylation is 1. The Hall–Kier alpha value is -2.94. The number of amides is 1. The van der Waals surface area contributed by atoms with Crippen LogP contribution in [0.1, 0.15) is 36.5 Å². The monoisotopic (exact) mass is 442 g/mol. The summed E-state index contributed by atoms with van der Waals surface area (Å²) in [4.78, 5) is 16.9. The maximum atomic E-state index is 14.0. The summed E-state index contributed by atoms with van der Waals surface area (Å²) in [6.07, 6.45) is 5.00. The summed E-state index contributed by atoms with van der Waals surface area (Å²) in [6, 6.07) is 9.62. The fourth-order valence-corrected chi connectivity index (χ4v) is 3.65. The smallest absolute Gasteiger partial charge is 0.255 e. The number of carbonyl (C=O) groups is 1. The lowest BCUT2D eigenvalue weighted by Crippen LogP contribution is -2.26. The highest BCUT2D eigenvalue weighted by Gasteiger charge is 2.15. The van der Waals surface area contributed by atoms with Crippen molar-refractivity contribution in [3.8, 4) is 0 Å². The van der Waals surface area contributed by atoms with Crippen molar-refractivity contribution in [2.75, 3.05) is 18.1 Å². The Labute approximate surface area is 185 Å². The van der Waals surface area contributed by atoms with E-state index < -0.39 is 5.82 Å². The minimum Gasteiger partial charge on any atom is -0.352 e. The van der Waals surface area contributed by atoms with Gasteiger partial charge in [-0.25, -0.2) is 9.37 Å². The van der Waals surface area contributed by atoms with Gasteiger partial charge in [-0.1, -0.05) is 37.7 Å². The highest BCUT2D eigenvalue weighted by molar-refractivity contribution is 7.98. The van der Waals surface area contributed by atoms with Crippen molar-refractivity contribution in [1.29, 1.82) is 0 Å². The molecule has 2 aromatic heterocycles. The van der Waals surface area contributed by atoms with Crippen molar-refractivity contribution in [2.24, 2.45) is 5.92 Å². The van der Waals surface area contributed by atoms with Gasteiger partial charge in [-0.2, -0.15) is 0 Å². The molecule has 0 bridgehead atoms. The van der Waals surface area contributed by atoms with E-state index in [2.05, 4.69) is 44.2 Å². The molecule has 0 radical (unpaired) electrons. The maximum Gasteiger partial charge on any atom is 0.255 e. The van der Waals surface area contributed by atoms with E-state index in [1.807, 2.05) is 6.26 Å². The van der Waals surface area contributed by atoms with Gasteiger partial charge in [0, 0.05) is 25.7 Å². The summed E-state index contributed by atoms with van der Waals surface area (Å²) in [7, 11) is 0. The Kier molecular flexibility index (Phi) is 8.00. The molecule has 0 unspecified atom stereocenters. The number of halogens is 1. The lowest BCUT2D eigenvalue weighted by atomic mass is 10.2. The van der Waals surface area contributed by atoms with Crippen LogP contribution >= 0.6 is 11.8 Å². The van der Waals surface area contributed by atoms with Gasteiger partial charge in [0.25, 0.3) is 5.91 Å². The number of thioether (sulfide) groups is 1. The Balaban J connectivity index is 1.59. The molecule has 31 heavy (non-hydrogen) atoms. The second-order valence-electron chi connectivity index (χ2n) is 7.47. The molecule has 164 valence electrons. The van der Waals surface area contributed by atoms with Gasteiger partial charge in [-0.15, -0.1) is 10.2 Å². The van der Waals surface area contributed by atoms with E-state index in [1.165, 1.54) is 6.07 Å². The van der Waals surface area contributed by atoms with Crippen molar-refractivity contribution in [1.82, 2.24) is 25.1 Å². The Bertz CT molecular complexity index is 1020. The third-order valence-electron chi connectivity index (χ3n) is 4.57. The van der Waals surface area contributed by atoms with Crippen molar-refractivity contribution >= 4 is 29.2 Å². The van der Waals surface area contributed by atoms with Crippen LogP contribution in [0.2, 0.25) is 0 Å². The molecule has 2 N–H and O–H groups in total. The van der Waals surface area contributed by atoms with Gasteiger partial charge in [-0.05, 0) is 42.9 Å². The zero-order valence-corrected chi connectivity index (χ0v) is 18.7. The third-order valence-corrected chi connectivity index (χ3v) is 5.23. The van der Waals surface area contributed by atoms with Gasteiger partial charge in [-0.3, -0.25) is 4.79 Å². The van der Waals surface area contributed by atoms with Gasteiger partial charge in [0.1, 0.15) is 17.5 Å². The van der Waals surface area contributed by atoms with Crippen LogP contribution in [0.25, 0.3) is 0 Å². The standard InChI is InChI=1S/C22H27FN6OS/c1-15(2)14-29-19(27-28-22(29)31-3)11-7-13-25-21(30)16-8-6-12-24-20(16)26-18-10-5-4-9-17(18)23/h4-6,8-10,12,15H,7,11,13-14H2,1-3H3,(H,24,26)(H,25,30). The molecule has 0 fully saturated rings. The molecular weight excluding hydrogens is 415 g/mol. The molecule has 7 nitrogen and oxygen atoms in total. The number of aromatic nitrogens is 4. The molecule has 3 aromatic rings. The summed E-state index contributed by atoms with van der Waals surface area (Å²) in [5, 5.41) is 15.3. The molecule has 3 rings (SSSR count). The van der Waals surface area contributed by atoms with E-state index >= 15 is 0 Å². The lowest BCUT2D eigenvalue weighted by molar-refractivity contribution is 0.0953. The highest BCUT2D eigenvalue weighted by Crippen LogP contribution is 2.21. The van der Waals surface area contributed by atoms with E-state index in [4.69, 9.17) is 0 Å². The van der Waals surface area contributed by atoms with E-state index in [-0.39, 0.29) is 11.6 Å². The summed E-state index contributed by atoms with van der Waals surface area (Å²) >= 11 is 1.58. The number of nitrogens with one attached hydrogen (secondary N) is 2. The first-order valence-corrected chi connectivity index (χ1v) is 11.4. The number of carbonyl (C=O) groups excluding carboxylic acids is 1. The van der Waals surface area contributed by atoms with Crippen molar-refractivity contribution in [2.45, 2.75) is 38.4 Å². The lowest BCUT2D eigenvalue weighted by Gasteiger charge is -2.13. The van der Waals surface area contributed by atoms with Gasteiger partial charge >= 0.3 is 0 Å². The number of para-hydroxylation sites is 1. The van der Waals surface area contributed by atoms with Crippen LogP contribution in [0, 0.1) is 11.7 Å². The predicted octanol–water partition coefficient (Wildman–Crippen LogP) is 4.30. The third kappa shape index (κ3) is 6.04. The molecule has 0 aliphatic carbocycles. The van der Waals surface area contributed by atoms with Crippen LogP contribution in [-0.2, 0) is 13.0 Å². The Morgan fingerprint density at radius 1 is 1.19 bits per heavy atom. The van der Waals surface area contributed by atoms with E-state index in [0.29, 0.717) is 30.3 Å². The minimum absolute atomic E-state index is 0.264. The molecule has 1 amide bonds. The maximum absolute atomic E-state index is 14.0. The number of benzene rings is 1. The van der Waals surface area contributed by atoms with Crippen LogP contribution in [-0.4, -0.2) is 38.5 Å². The number of rotatable bonds is 10. The number of anilines is 2. The molecule has 0 saturated carbocycles. The predicted molar refractivity (Wildman–Crippen MR) is 121 cm³/mol. The molecule has 9 heteroatoms. The van der Waals surface area contributed by atoms with E-state index in [9.17, 15) is 9.18 Å². The second-order valence-corrected chi connectivity index (χ2v) is 8.24. The molecular formula is C22H27FN6OS. The molecule has 2 heterocycles. The number of pyridine rings is 1. The fraction of sp³-hybridized carbons (Fsp3) is 0.364. The average molecular weight is 443 g/mol. The fourth-order valence-electron chi connectivity index (χ4n) is 3.13. The molecule has 1 aromatic carbocycles. The minimum atomic E-state index is -0.408. The SMILES string of the molecule is CSc1nnc(CCCNC(=O)c2cccnc2Nc2ccccc2F)n1CC(C)C. The summed E-state index contributed by atoms with van der Waals surface area (Å²) in [5.41, 5.74) is 0.628. The van der Waals surface area contributed by atoms with Crippen LogP contribution in [0.5, 0.6) is 0 Å². The average Bonchev–Trinajstić information content (AvgIpc) is 3.14. The first-order valence-electron chi connectivity index (χ1n) is 10.2. The zero-order chi connectivity index (χ0) is 22.2. The molecule has 0 saturated heterocycles. The largest absolute Gasteiger partial charge is 0.352 e. The zero-order valence-electron chi connectivity index (χ0n) is 17.9. The van der Waals surface area contributed by atoms with Crippen LogP contribution < -0.4 is 10.6 Å². The number of nitrogens with zero attached hydrogens (tertiary/aromatic N) is 4. The first-order chi connectivity index (χ1) is 15.0. The van der Waals surface area contributed by atoms with Gasteiger partial charge < -0.3 is 15.2 Å². The summed E-state index contributed by atoms with van der Waals surface area (Å²) < 4.78 is 16.1. The van der Waals surface area contributed by atoms with Gasteiger partial charge in [0.15, 0.2) is 5.16 Å². The van der Waals surface area contributed by atoms with Crippen LogP contribution in [0.4, 0.5) is 15.9 Å². The Morgan fingerprint density at radius 2 is 2.00 bits per heavy atom. The van der Waals surface area contributed by atoms with Crippen molar-refractivity contribution in [3.63, 3.8) is 0 Å². The van der Waals surface area contributed by atoms with E-state index in [1.54, 1.807) is 48.3 Å². The van der Waals surface area contributed by atoms with Crippen molar-refractivity contribution < 1.29 is 9.18 Å². The molecule has 0 spiro atoms. The molecule has 0 atom stereocenters. The normalized spacial score (nSPS) is 11.0. The van der Waals surface area contributed by atoms with Crippen molar-refractivity contribution in [3.05, 3.63) is 59.8 Å². The molecule has 0 aliphatic heterocycles. The summed E-state index contributed by atoms with van der Waals surface area (Å²) in [5.74, 6) is 1.06.